The van der Waals surface area contributed by atoms with E-state index in [0.717, 1.165) is 5.57 Å². The Morgan fingerprint density at radius 2 is 1.79 bits per heavy atom. The van der Waals surface area contributed by atoms with E-state index >= 15 is 0 Å². The van der Waals surface area contributed by atoms with Gasteiger partial charge in [0.05, 0.1) is 11.2 Å². The summed E-state index contributed by atoms with van der Waals surface area (Å²) >= 11 is 0. The minimum absolute atomic E-state index is 0.0680. The highest BCUT2D eigenvalue weighted by atomic mass is 16.6. The number of carbonyl (C=O) groups is 2. The molecule has 0 amide bonds. The first-order valence-corrected chi connectivity index (χ1v) is 11.7. The summed E-state index contributed by atoms with van der Waals surface area (Å²) in [7, 11) is 0. The first-order valence-electron chi connectivity index (χ1n) is 11.7. The second-order valence-corrected chi connectivity index (χ2v) is 10.1. The number of aliphatic hydroxyl groups is 1. The molecular weight excluding hydrogens is 420 g/mol. The molecule has 33 heavy (non-hydrogen) atoms. The fourth-order valence-corrected chi connectivity index (χ4v) is 5.42. The van der Waals surface area contributed by atoms with Gasteiger partial charge in [0, 0.05) is 23.3 Å². The van der Waals surface area contributed by atoms with Gasteiger partial charge in [-0.05, 0) is 69.9 Å². The Bertz CT molecular complexity index is 959. The Hall–Kier alpha value is -2.60. The van der Waals surface area contributed by atoms with Gasteiger partial charge in [0.15, 0.2) is 0 Å². The van der Waals surface area contributed by atoms with Crippen molar-refractivity contribution in [2.24, 2.45) is 17.3 Å². The molecule has 6 nitrogen and oxygen atoms in total. The first kappa shape index (κ1) is 25.0. The lowest BCUT2D eigenvalue weighted by atomic mass is 9.66. The molecule has 0 spiro atoms. The number of allylic oxidation sites excluding steroid dienone is 1. The van der Waals surface area contributed by atoms with Crippen molar-refractivity contribution in [2.75, 3.05) is 0 Å². The van der Waals surface area contributed by atoms with E-state index in [-0.39, 0.29) is 17.6 Å². The van der Waals surface area contributed by atoms with Crippen molar-refractivity contribution >= 4 is 11.9 Å². The van der Waals surface area contributed by atoms with E-state index in [0.29, 0.717) is 30.4 Å². The van der Waals surface area contributed by atoms with Crippen molar-refractivity contribution in [3.05, 3.63) is 53.1 Å². The molecule has 1 aromatic rings. The number of fused-ring (bicyclic) bond motifs is 1. The molecule has 0 heterocycles. The normalized spacial score (nSPS) is 32.1. The number of rotatable bonds is 5. The minimum Gasteiger partial charge on any atom is -0.508 e. The predicted molar refractivity (Wildman–Crippen MR) is 126 cm³/mol. The van der Waals surface area contributed by atoms with Crippen LogP contribution in [0.15, 0.2) is 47.6 Å². The summed E-state index contributed by atoms with van der Waals surface area (Å²) in [4.78, 5) is 25.7. The van der Waals surface area contributed by atoms with Crippen LogP contribution in [0, 0.1) is 17.3 Å². The van der Waals surface area contributed by atoms with Crippen LogP contribution in [-0.2, 0) is 14.3 Å². The summed E-state index contributed by atoms with van der Waals surface area (Å²) in [6.45, 7) is 11.4. The van der Waals surface area contributed by atoms with Gasteiger partial charge >= 0.3 is 11.9 Å². The summed E-state index contributed by atoms with van der Waals surface area (Å²) in [6, 6.07) is 5.92. The van der Waals surface area contributed by atoms with Crippen molar-refractivity contribution in [2.45, 2.75) is 78.6 Å². The maximum atomic E-state index is 13.0. The Morgan fingerprint density at radius 1 is 1.15 bits per heavy atom. The molecule has 0 aromatic heterocycles. The molecule has 6 heteroatoms. The zero-order valence-electron chi connectivity index (χ0n) is 20.4. The summed E-state index contributed by atoms with van der Waals surface area (Å²) in [6.07, 6.45) is 4.14. The molecule has 5 atom stereocenters. The number of hydrogen-bond donors (Lipinski definition) is 2. The number of benzene rings is 1. The van der Waals surface area contributed by atoms with E-state index < -0.39 is 35.1 Å². The second-order valence-electron chi connectivity index (χ2n) is 10.1. The SMILES string of the molecule is CC=C(C)C(=O)O[C@@H]1C=C(C)C[C@H](OC(=O)c2ccc(O)cc2)[C@@H]2[C@]1(C)CC[C@@]2(O)C(C)C. The van der Waals surface area contributed by atoms with Crippen LogP contribution in [0.3, 0.4) is 0 Å². The van der Waals surface area contributed by atoms with Gasteiger partial charge in [0.2, 0.25) is 0 Å². The maximum Gasteiger partial charge on any atom is 0.338 e. The fraction of sp³-hybridized carbons (Fsp3) is 0.556. The monoisotopic (exact) mass is 456 g/mol. The van der Waals surface area contributed by atoms with Gasteiger partial charge in [-0.2, -0.15) is 0 Å². The van der Waals surface area contributed by atoms with Crippen LogP contribution >= 0.6 is 0 Å². The fourth-order valence-electron chi connectivity index (χ4n) is 5.42. The smallest absolute Gasteiger partial charge is 0.338 e. The van der Waals surface area contributed by atoms with Crippen LogP contribution in [0.4, 0.5) is 0 Å². The van der Waals surface area contributed by atoms with Crippen molar-refractivity contribution in [3.8, 4) is 5.75 Å². The highest BCUT2D eigenvalue weighted by molar-refractivity contribution is 5.89. The van der Waals surface area contributed by atoms with Crippen LogP contribution in [-0.4, -0.2) is 40.0 Å². The largest absolute Gasteiger partial charge is 0.508 e. The second kappa shape index (κ2) is 9.34. The molecule has 1 aromatic carbocycles. The third-order valence-corrected chi connectivity index (χ3v) is 7.64. The Labute approximate surface area is 196 Å². The standard InChI is InChI=1S/C27H36O6/c1-7-18(5)24(29)33-22-15-17(4)14-21(32-25(30)19-8-10-20(28)11-9-19)23-26(22,6)12-13-27(23,31)16(2)3/h7-11,15-16,21-23,28,31H,12-14H2,1-6H3/t21-,22+,23+,26+,27+/m0/s1. The van der Waals surface area contributed by atoms with Gasteiger partial charge in [-0.15, -0.1) is 0 Å². The molecule has 180 valence electrons. The van der Waals surface area contributed by atoms with Gasteiger partial charge in [-0.1, -0.05) is 32.4 Å². The third-order valence-electron chi connectivity index (χ3n) is 7.64. The van der Waals surface area contributed by atoms with Gasteiger partial charge in [0.1, 0.15) is 18.0 Å². The van der Waals surface area contributed by atoms with Gasteiger partial charge in [0.25, 0.3) is 0 Å². The summed E-state index contributed by atoms with van der Waals surface area (Å²) in [5, 5.41) is 21.4. The lowest BCUT2D eigenvalue weighted by Gasteiger charge is -2.45. The van der Waals surface area contributed by atoms with Crippen LogP contribution in [0.2, 0.25) is 0 Å². The molecule has 0 radical (unpaired) electrons. The molecule has 2 N–H and O–H groups in total. The zero-order valence-corrected chi connectivity index (χ0v) is 20.4. The quantitative estimate of drug-likeness (QED) is 0.370. The van der Waals surface area contributed by atoms with Crippen LogP contribution in [0.5, 0.6) is 5.75 Å². The molecule has 3 rings (SSSR count). The van der Waals surface area contributed by atoms with E-state index in [1.807, 2.05) is 33.8 Å². The lowest BCUT2D eigenvalue weighted by Crippen LogP contribution is -2.53. The molecule has 1 saturated carbocycles. The molecule has 0 saturated heterocycles. The van der Waals surface area contributed by atoms with Crippen molar-refractivity contribution in [1.82, 2.24) is 0 Å². The van der Waals surface area contributed by atoms with Crippen molar-refractivity contribution in [3.63, 3.8) is 0 Å². The number of hydrogen-bond acceptors (Lipinski definition) is 6. The highest BCUT2D eigenvalue weighted by Crippen LogP contribution is 2.58. The van der Waals surface area contributed by atoms with Crippen LogP contribution in [0.1, 0.15) is 71.2 Å². The Kier molecular flexibility index (Phi) is 7.08. The van der Waals surface area contributed by atoms with Gasteiger partial charge in [-0.25, -0.2) is 9.59 Å². The van der Waals surface area contributed by atoms with E-state index in [2.05, 4.69) is 0 Å². The third kappa shape index (κ3) is 4.72. The topological polar surface area (TPSA) is 93.1 Å². The Morgan fingerprint density at radius 3 is 2.36 bits per heavy atom. The number of phenolic OH excluding ortho intramolecular Hbond substituents is 1. The molecule has 0 aliphatic heterocycles. The molecule has 0 unspecified atom stereocenters. The predicted octanol–water partition coefficient (Wildman–Crippen LogP) is 4.95. The maximum absolute atomic E-state index is 13.0. The highest BCUT2D eigenvalue weighted by Gasteiger charge is 2.63. The van der Waals surface area contributed by atoms with Crippen LogP contribution < -0.4 is 0 Å². The van der Waals surface area contributed by atoms with Crippen molar-refractivity contribution in [1.29, 1.82) is 0 Å². The van der Waals surface area contributed by atoms with Gasteiger partial charge in [-0.3, -0.25) is 0 Å². The minimum atomic E-state index is -1.08. The van der Waals surface area contributed by atoms with E-state index in [1.165, 1.54) is 24.3 Å². The number of ether oxygens (including phenoxy) is 2. The molecular formula is C27H36O6. The number of carbonyl (C=O) groups excluding carboxylic acids is 2. The summed E-state index contributed by atoms with van der Waals surface area (Å²) in [5.41, 5.74) is 0.112. The molecule has 2 aliphatic carbocycles. The molecule has 2 aliphatic rings. The lowest BCUT2D eigenvalue weighted by molar-refractivity contribution is -0.159. The zero-order chi connectivity index (χ0) is 24.6. The average molecular weight is 457 g/mol. The average Bonchev–Trinajstić information content (AvgIpc) is 3.00. The van der Waals surface area contributed by atoms with Crippen LogP contribution in [0.25, 0.3) is 0 Å². The van der Waals surface area contributed by atoms with E-state index in [9.17, 15) is 19.8 Å². The van der Waals surface area contributed by atoms with E-state index in [1.54, 1.807) is 19.9 Å². The molecule has 0 bridgehead atoms. The number of phenols is 1. The Balaban J connectivity index is 2.01. The van der Waals surface area contributed by atoms with E-state index in [4.69, 9.17) is 9.47 Å². The number of aromatic hydroxyl groups is 1. The summed E-state index contributed by atoms with van der Waals surface area (Å²) in [5.74, 6) is -1.33. The van der Waals surface area contributed by atoms with Crippen molar-refractivity contribution < 1.29 is 29.3 Å². The van der Waals surface area contributed by atoms with Gasteiger partial charge < -0.3 is 19.7 Å². The molecule has 1 fully saturated rings. The summed E-state index contributed by atoms with van der Waals surface area (Å²) < 4.78 is 12.0. The number of esters is 2. The first-order chi connectivity index (χ1) is 15.4.